The number of rotatable bonds is 7. The quantitative estimate of drug-likeness (QED) is 0.690. The number of aliphatic hydroxyl groups excluding tert-OH is 1. The molecular weight excluding hydrogens is 358 g/mol. The topological polar surface area (TPSA) is 59.0 Å². The Morgan fingerprint density at radius 3 is 2.52 bits per heavy atom. The number of aliphatic hydroxyl groups is 1. The van der Waals surface area contributed by atoms with E-state index in [4.69, 9.17) is 9.16 Å². The monoisotopic (exact) mass is 393 g/mol. The molecule has 0 unspecified atom stereocenters. The van der Waals surface area contributed by atoms with Crippen molar-refractivity contribution in [2.45, 2.75) is 76.9 Å². The van der Waals surface area contributed by atoms with Crippen LogP contribution >= 0.6 is 0 Å². The molecule has 0 aromatic heterocycles. The summed E-state index contributed by atoms with van der Waals surface area (Å²) in [5.41, 5.74) is 0.978. The highest BCUT2D eigenvalue weighted by Gasteiger charge is 2.43. The van der Waals surface area contributed by atoms with Gasteiger partial charge in [0.15, 0.2) is 8.32 Å². The summed E-state index contributed by atoms with van der Waals surface area (Å²) in [6, 6.07) is 9.78. The smallest absolute Gasteiger partial charge is 0.410 e. The van der Waals surface area contributed by atoms with Crippen LogP contribution in [-0.2, 0) is 15.8 Å². The molecule has 1 fully saturated rings. The number of ether oxygens (including phenoxy) is 1. The second-order valence-electron chi connectivity index (χ2n) is 8.95. The molecule has 1 aromatic carbocycles. The number of benzene rings is 1. The van der Waals surface area contributed by atoms with Gasteiger partial charge in [0.05, 0.1) is 6.10 Å². The summed E-state index contributed by atoms with van der Waals surface area (Å²) in [4.78, 5) is 14.5. The molecule has 0 bridgehead atoms. The van der Waals surface area contributed by atoms with Crippen molar-refractivity contribution < 1.29 is 19.1 Å². The Morgan fingerprint density at radius 1 is 1.26 bits per heavy atom. The second-order valence-corrected chi connectivity index (χ2v) is 13.7. The molecule has 1 aromatic rings. The van der Waals surface area contributed by atoms with E-state index < -0.39 is 8.32 Å². The fourth-order valence-electron chi connectivity index (χ4n) is 3.18. The van der Waals surface area contributed by atoms with Crippen LogP contribution < -0.4 is 0 Å². The molecule has 152 valence electrons. The molecule has 1 aliphatic heterocycles. The van der Waals surface area contributed by atoms with Gasteiger partial charge >= 0.3 is 6.09 Å². The van der Waals surface area contributed by atoms with E-state index in [-0.39, 0.29) is 36.5 Å². The zero-order valence-corrected chi connectivity index (χ0v) is 18.4. The minimum atomic E-state index is -1.89. The van der Waals surface area contributed by atoms with Crippen molar-refractivity contribution >= 4 is 14.4 Å². The van der Waals surface area contributed by atoms with E-state index >= 15 is 0 Å². The summed E-state index contributed by atoms with van der Waals surface area (Å²) in [5.74, 6) is 0. The fourth-order valence-corrected chi connectivity index (χ4v) is 4.54. The van der Waals surface area contributed by atoms with Gasteiger partial charge in [-0.15, -0.1) is 0 Å². The van der Waals surface area contributed by atoms with Gasteiger partial charge in [-0.1, -0.05) is 51.1 Å². The van der Waals surface area contributed by atoms with E-state index in [1.165, 1.54) is 0 Å². The van der Waals surface area contributed by atoms with Crippen molar-refractivity contribution in [1.82, 2.24) is 4.90 Å². The first-order valence-electron chi connectivity index (χ1n) is 9.90. The summed E-state index contributed by atoms with van der Waals surface area (Å²) in [6.07, 6.45) is 2.02. The zero-order chi connectivity index (χ0) is 20.1. The van der Waals surface area contributed by atoms with Gasteiger partial charge in [-0.2, -0.15) is 0 Å². The molecule has 2 atom stereocenters. The predicted molar refractivity (Wildman–Crippen MR) is 110 cm³/mol. The standard InChI is InChI=1S/C21H35NO4Si/c1-21(2,3)27(4,5)26-19-14-18(12-9-13-23)22(15-19)20(24)25-16-17-10-7-6-8-11-17/h6-8,10-11,18-19,23H,9,12-16H2,1-5H3/t18-,19-/m1/s1. The van der Waals surface area contributed by atoms with E-state index in [0.717, 1.165) is 18.4 Å². The molecule has 27 heavy (non-hydrogen) atoms. The maximum absolute atomic E-state index is 12.7. The Balaban J connectivity index is 2.00. The highest BCUT2D eigenvalue weighted by atomic mass is 28.4. The minimum Gasteiger partial charge on any atom is -0.445 e. The van der Waals surface area contributed by atoms with Crippen molar-refractivity contribution in [1.29, 1.82) is 0 Å². The lowest BCUT2D eigenvalue weighted by atomic mass is 10.1. The van der Waals surface area contributed by atoms with Crippen molar-refractivity contribution in [2.24, 2.45) is 0 Å². The average molecular weight is 394 g/mol. The summed E-state index contributed by atoms with van der Waals surface area (Å²) in [5, 5.41) is 9.34. The molecule has 1 amide bonds. The third-order valence-corrected chi connectivity index (χ3v) is 10.3. The van der Waals surface area contributed by atoms with Gasteiger partial charge in [-0.05, 0) is 43.0 Å². The van der Waals surface area contributed by atoms with Crippen LogP contribution in [0.3, 0.4) is 0 Å². The SMILES string of the molecule is CC(C)(C)[Si](C)(C)O[C@@H]1C[C@@H](CCCO)N(C(=O)OCc2ccccc2)C1. The molecule has 2 rings (SSSR count). The first-order valence-corrected chi connectivity index (χ1v) is 12.8. The van der Waals surface area contributed by atoms with Crippen LogP contribution in [0.25, 0.3) is 0 Å². The molecular formula is C21H35NO4Si. The zero-order valence-electron chi connectivity index (χ0n) is 17.4. The number of hydrogen-bond donors (Lipinski definition) is 1. The van der Waals surface area contributed by atoms with Crippen molar-refractivity contribution in [3.8, 4) is 0 Å². The summed E-state index contributed by atoms with van der Waals surface area (Å²) in [6.45, 7) is 12.1. The molecule has 6 heteroatoms. The van der Waals surface area contributed by atoms with E-state index in [0.29, 0.717) is 13.0 Å². The fraction of sp³-hybridized carbons (Fsp3) is 0.667. The Hall–Kier alpha value is -1.37. The normalized spacial score (nSPS) is 20.7. The van der Waals surface area contributed by atoms with Crippen LogP contribution in [0.1, 0.15) is 45.6 Å². The van der Waals surface area contributed by atoms with Crippen LogP contribution in [0, 0.1) is 0 Å². The number of likely N-dealkylation sites (tertiary alicyclic amines) is 1. The van der Waals surface area contributed by atoms with Crippen molar-refractivity contribution in [3.05, 3.63) is 35.9 Å². The Morgan fingerprint density at radius 2 is 1.93 bits per heavy atom. The molecule has 1 N–H and O–H groups in total. The summed E-state index contributed by atoms with van der Waals surface area (Å²) in [7, 11) is -1.89. The number of amides is 1. The summed E-state index contributed by atoms with van der Waals surface area (Å²) >= 11 is 0. The van der Waals surface area contributed by atoms with Gasteiger partial charge in [0.2, 0.25) is 0 Å². The molecule has 1 heterocycles. The van der Waals surface area contributed by atoms with Crippen molar-refractivity contribution in [3.63, 3.8) is 0 Å². The molecule has 5 nitrogen and oxygen atoms in total. The van der Waals surface area contributed by atoms with Gasteiger partial charge in [0.25, 0.3) is 0 Å². The van der Waals surface area contributed by atoms with Gasteiger partial charge in [-0.3, -0.25) is 0 Å². The van der Waals surface area contributed by atoms with E-state index in [2.05, 4.69) is 33.9 Å². The van der Waals surface area contributed by atoms with Crippen LogP contribution in [0.2, 0.25) is 18.1 Å². The maximum Gasteiger partial charge on any atom is 0.410 e. The Kier molecular flexibility index (Phi) is 7.48. The number of hydrogen-bond acceptors (Lipinski definition) is 4. The maximum atomic E-state index is 12.7. The largest absolute Gasteiger partial charge is 0.445 e. The van der Waals surface area contributed by atoms with Gasteiger partial charge < -0.3 is 19.2 Å². The van der Waals surface area contributed by atoms with Gasteiger partial charge in [0, 0.05) is 19.2 Å². The molecule has 0 aliphatic carbocycles. The number of carbonyl (C=O) groups is 1. The van der Waals surface area contributed by atoms with E-state index in [1.54, 1.807) is 4.90 Å². The van der Waals surface area contributed by atoms with Crippen LogP contribution in [0.5, 0.6) is 0 Å². The highest BCUT2D eigenvalue weighted by molar-refractivity contribution is 6.74. The lowest BCUT2D eigenvalue weighted by molar-refractivity contribution is 0.0860. The lowest BCUT2D eigenvalue weighted by Crippen LogP contribution is -2.44. The molecule has 1 saturated heterocycles. The lowest BCUT2D eigenvalue weighted by Gasteiger charge is -2.38. The average Bonchev–Trinajstić information content (AvgIpc) is 2.99. The predicted octanol–water partition coefficient (Wildman–Crippen LogP) is 4.56. The Labute approximate surface area is 164 Å². The van der Waals surface area contributed by atoms with Crippen LogP contribution in [-0.4, -0.2) is 49.7 Å². The van der Waals surface area contributed by atoms with Crippen LogP contribution in [0.15, 0.2) is 30.3 Å². The first kappa shape index (κ1) is 21.9. The third-order valence-electron chi connectivity index (χ3n) is 5.78. The van der Waals surface area contributed by atoms with E-state index in [1.807, 2.05) is 30.3 Å². The molecule has 0 spiro atoms. The van der Waals surface area contributed by atoms with Gasteiger partial charge in [-0.25, -0.2) is 4.79 Å². The number of nitrogens with zero attached hydrogens (tertiary/aromatic N) is 1. The molecule has 0 radical (unpaired) electrons. The van der Waals surface area contributed by atoms with Crippen LogP contribution in [0.4, 0.5) is 4.79 Å². The summed E-state index contributed by atoms with van der Waals surface area (Å²) < 4.78 is 12.1. The molecule has 0 saturated carbocycles. The minimum absolute atomic E-state index is 0.0406. The number of carbonyl (C=O) groups excluding carboxylic acids is 1. The molecule has 1 aliphatic rings. The first-order chi connectivity index (χ1) is 12.6. The third kappa shape index (κ3) is 6.06. The second kappa shape index (κ2) is 9.21. The van der Waals surface area contributed by atoms with E-state index in [9.17, 15) is 9.90 Å². The Bertz CT molecular complexity index is 600. The van der Waals surface area contributed by atoms with Crippen molar-refractivity contribution in [2.75, 3.05) is 13.2 Å². The highest BCUT2D eigenvalue weighted by Crippen LogP contribution is 2.39. The van der Waals surface area contributed by atoms with Gasteiger partial charge in [0.1, 0.15) is 6.61 Å².